The Morgan fingerprint density at radius 3 is 3.00 bits per heavy atom. The Kier molecular flexibility index (Phi) is 2.42. The fourth-order valence-corrected chi connectivity index (χ4v) is 2.58. The first kappa shape index (κ1) is 8.84. The lowest BCUT2D eigenvalue weighted by Crippen LogP contribution is -2.20. The molecule has 0 aromatic rings. The van der Waals surface area contributed by atoms with Crippen molar-refractivity contribution in [1.82, 2.24) is 0 Å². The monoisotopic (exact) mass is 174 g/mol. The van der Waals surface area contributed by atoms with Gasteiger partial charge in [-0.05, 0) is 49.2 Å². The minimum Gasteiger partial charge on any atom is -0.125 e. The van der Waals surface area contributed by atoms with Gasteiger partial charge in [0.25, 0.3) is 0 Å². The standard InChI is InChI=1S/C13H18/c1-10-7-8-13-11(2)5-3-4-6-12(13)9-10/h4-6,10-11,13H,7-9H2,1-2H3. The molecule has 0 aromatic carbocycles. The van der Waals surface area contributed by atoms with Crippen LogP contribution < -0.4 is 0 Å². The molecule has 2 aliphatic carbocycles. The van der Waals surface area contributed by atoms with Crippen LogP contribution in [-0.4, -0.2) is 0 Å². The predicted molar refractivity (Wildman–Crippen MR) is 56.4 cm³/mol. The molecule has 0 aromatic heterocycles. The molecule has 0 heterocycles. The number of hydrogen-bond acceptors (Lipinski definition) is 0. The SMILES string of the molecule is CC1CCC2C(=CC=C=CC2C)C1. The minimum absolute atomic E-state index is 0.692. The van der Waals surface area contributed by atoms with Gasteiger partial charge in [-0.15, -0.1) is 5.73 Å². The molecule has 13 heavy (non-hydrogen) atoms. The van der Waals surface area contributed by atoms with Crippen LogP contribution in [0, 0.1) is 17.8 Å². The van der Waals surface area contributed by atoms with Crippen LogP contribution in [0.1, 0.15) is 33.1 Å². The van der Waals surface area contributed by atoms with Crippen LogP contribution in [0.25, 0.3) is 0 Å². The number of allylic oxidation sites excluding steroid dienone is 3. The fourth-order valence-electron chi connectivity index (χ4n) is 2.58. The van der Waals surface area contributed by atoms with Gasteiger partial charge in [0.15, 0.2) is 0 Å². The van der Waals surface area contributed by atoms with Crippen LogP contribution in [-0.2, 0) is 0 Å². The Labute approximate surface area is 81.0 Å². The Hall–Kier alpha value is -0.740. The van der Waals surface area contributed by atoms with E-state index in [4.69, 9.17) is 0 Å². The Bertz CT molecular complexity index is 276. The molecule has 0 amide bonds. The van der Waals surface area contributed by atoms with Gasteiger partial charge in [0.2, 0.25) is 0 Å². The van der Waals surface area contributed by atoms with Crippen molar-refractivity contribution in [3.8, 4) is 0 Å². The van der Waals surface area contributed by atoms with Crippen LogP contribution in [0.3, 0.4) is 0 Å². The Morgan fingerprint density at radius 2 is 2.15 bits per heavy atom. The number of rotatable bonds is 0. The Morgan fingerprint density at radius 1 is 1.31 bits per heavy atom. The summed E-state index contributed by atoms with van der Waals surface area (Å²) < 4.78 is 0. The zero-order valence-corrected chi connectivity index (χ0v) is 8.59. The summed E-state index contributed by atoms with van der Waals surface area (Å²) in [4.78, 5) is 0. The van der Waals surface area contributed by atoms with Gasteiger partial charge in [0.05, 0.1) is 0 Å². The van der Waals surface area contributed by atoms with E-state index in [9.17, 15) is 0 Å². The van der Waals surface area contributed by atoms with Crippen LogP contribution in [0.15, 0.2) is 29.5 Å². The number of hydrogen-bond donors (Lipinski definition) is 0. The van der Waals surface area contributed by atoms with Crippen molar-refractivity contribution in [3.63, 3.8) is 0 Å². The van der Waals surface area contributed by atoms with Crippen molar-refractivity contribution in [2.45, 2.75) is 33.1 Å². The van der Waals surface area contributed by atoms with Gasteiger partial charge in [-0.1, -0.05) is 25.5 Å². The lowest BCUT2D eigenvalue weighted by Gasteiger charge is -2.31. The van der Waals surface area contributed by atoms with E-state index in [2.05, 4.69) is 37.8 Å². The van der Waals surface area contributed by atoms with Gasteiger partial charge < -0.3 is 0 Å². The van der Waals surface area contributed by atoms with Gasteiger partial charge in [-0.2, -0.15) is 0 Å². The maximum absolute atomic E-state index is 3.24. The van der Waals surface area contributed by atoms with Crippen LogP contribution in [0.2, 0.25) is 0 Å². The van der Waals surface area contributed by atoms with E-state index in [1.807, 2.05) is 0 Å². The van der Waals surface area contributed by atoms with Crippen molar-refractivity contribution in [2.24, 2.45) is 17.8 Å². The molecule has 0 nitrogen and oxygen atoms in total. The van der Waals surface area contributed by atoms with Gasteiger partial charge >= 0.3 is 0 Å². The van der Waals surface area contributed by atoms with Crippen molar-refractivity contribution in [1.29, 1.82) is 0 Å². The second-order valence-electron chi connectivity index (χ2n) is 4.59. The zero-order valence-electron chi connectivity index (χ0n) is 8.59. The molecule has 1 saturated carbocycles. The third-order valence-electron chi connectivity index (χ3n) is 3.42. The van der Waals surface area contributed by atoms with E-state index in [-0.39, 0.29) is 0 Å². The van der Waals surface area contributed by atoms with E-state index < -0.39 is 0 Å². The summed E-state index contributed by atoms with van der Waals surface area (Å²) in [5, 5.41) is 0. The summed E-state index contributed by atoms with van der Waals surface area (Å²) >= 11 is 0. The normalized spacial score (nSPS) is 38.0. The van der Waals surface area contributed by atoms with Crippen LogP contribution in [0.5, 0.6) is 0 Å². The molecule has 0 saturated heterocycles. The highest BCUT2D eigenvalue weighted by Gasteiger charge is 2.26. The average molecular weight is 174 g/mol. The molecule has 0 N–H and O–H groups in total. The third-order valence-corrected chi connectivity index (χ3v) is 3.42. The highest BCUT2D eigenvalue weighted by atomic mass is 14.3. The van der Waals surface area contributed by atoms with E-state index in [1.54, 1.807) is 5.57 Å². The van der Waals surface area contributed by atoms with Gasteiger partial charge in [-0.25, -0.2) is 0 Å². The zero-order chi connectivity index (χ0) is 9.26. The summed E-state index contributed by atoms with van der Waals surface area (Å²) in [6, 6.07) is 0. The van der Waals surface area contributed by atoms with Crippen molar-refractivity contribution < 1.29 is 0 Å². The maximum Gasteiger partial charge on any atom is -0.0120 e. The highest BCUT2D eigenvalue weighted by Crippen LogP contribution is 2.38. The lowest BCUT2D eigenvalue weighted by molar-refractivity contribution is 0.326. The second-order valence-corrected chi connectivity index (χ2v) is 4.59. The summed E-state index contributed by atoms with van der Waals surface area (Å²) in [7, 11) is 0. The smallest absolute Gasteiger partial charge is 0.0120 e. The first-order valence-corrected chi connectivity index (χ1v) is 5.39. The minimum atomic E-state index is 0.692. The molecule has 70 valence electrons. The maximum atomic E-state index is 3.24. The third kappa shape index (κ3) is 1.78. The van der Waals surface area contributed by atoms with Gasteiger partial charge in [0, 0.05) is 0 Å². The van der Waals surface area contributed by atoms with Gasteiger partial charge in [0.1, 0.15) is 0 Å². The fraction of sp³-hybridized carbons (Fsp3) is 0.615. The average Bonchev–Trinajstić information content (AvgIpc) is 2.28. The Balaban J connectivity index is 2.24. The quantitative estimate of drug-likeness (QED) is 0.491. The topological polar surface area (TPSA) is 0 Å². The van der Waals surface area contributed by atoms with E-state index >= 15 is 0 Å². The first-order valence-electron chi connectivity index (χ1n) is 5.39. The molecular weight excluding hydrogens is 156 g/mol. The molecule has 0 radical (unpaired) electrons. The lowest BCUT2D eigenvalue weighted by atomic mass is 9.74. The second kappa shape index (κ2) is 3.55. The molecule has 0 heteroatoms. The first-order chi connectivity index (χ1) is 6.27. The van der Waals surface area contributed by atoms with Crippen molar-refractivity contribution >= 4 is 0 Å². The summed E-state index contributed by atoms with van der Waals surface area (Å²) in [6.07, 6.45) is 10.7. The number of fused-ring (bicyclic) bond motifs is 1. The van der Waals surface area contributed by atoms with E-state index in [0.717, 1.165) is 11.8 Å². The van der Waals surface area contributed by atoms with Crippen LogP contribution >= 0.6 is 0 Å². The molecule has 0 aliphatic heterocycles. The molecular formula is C13H18. The molecule has 0 spiro atoms. The highest BCUT2D eigenvalue weighted by molar-refractivity contribution is 5.22. The molecule has 2 aliphatic rings. The predicted octanol–water partition coefficient (Wildman–Crippen LogP) is 3.71. The van der Waals surface area contributed by atoms with Crippen molar-refractivity contribution in [3.05, 3.63) is 29.5 Å². The molecule has 0 bridgehead atoms. The van der Waals surface area contributed by atoms with Gasteiger partial charge in [-0.3, -0.25) is 0 Å². The molecule has 3 unspecified atom stereocenters. The molecule has 1 fully saturated rings. The summed E-state index contributed by atoms with van der Waals surface area (Å²) in [6.45, 7) is 4.68. The largest absolute Gasteiger partial charge is 0.125 e. The van der Waals surface area contributed by atoms with E-state index in [0.29, 0.717) is 5.92 Å². The van der Waals surface area contributed by atoms with E-state index in [1.165, 1.54) is 19.3 Å². The summed E-state index contributed by atoms with van der Waals surface area (Å²) in [5.74, 6) is 2.39. The molecule has 3 atom stereocenters. The van der Waals surface area contributed by atoms with Crippen LogP contribution in [0.4, 0.5) is 0 Å². The molecule has 2 rings (SSSR count). The summed E-state index contributed by atoms with van der Waals surface area (Å²) in [5.41, 5.74) is 4.90. The van der Waals surface area contributed by atoms with Crippen molar-refractivity contribution in [2.75, 3.05) is 0 Å².